The highest BCUT2D eigenvalue weighted by Gasteiger charge is 2.55. The largest absolute Gasteiger partial charge is 0.390 e. The van der Waals surface area contributed by atoms with Gasteiger partial charge in [-0.1, -0.05) is 6.07 Å². The molecular formula is C29H32N8O3. The molecule has 0 radical (unpaired) electrons. The Balaban J connectivity index is 1.08. The van der Waals surface area contributed by atoms with Crippen LogP contribution in [0.5, 0.6) is 0 Å². The highest BCUT2D eigenvalue weighted by molar-refractivity contribution is 6.40. The summed E-state index contributed by atoms with van der Waals surface area (Å²) in [6, 6.07) is 7.91. The zero-order valence-corrected chi connectivity index (χ0v) is 22.2. The van der Waals surface area contributed by atoms with Crippen LogP contribution >= 0.6 is 0 Å². The number of aliphatic hydroxyl groups is 1. The number of hydrogen-bond acceptors (Lipinski definition) is 7. The number of aromatic amines is 1. The lowest BCUT2D eigenvalue weighted by Crippen LogP contribution is -2.55. The molecule has 9 rings (SSSR count). The van der Waals surface area contributed by atoms with Crippen LogP contribution in [0.2, 0.25) is 0 Å². The number of rotatable bonds is 3. The third kappa shape index (κ3) is 3.71. The average Bonchev–Trinajstić information content (AvgIpc) is 3.57. The number of hydrogen-bond donors (Lipinski definition) is 3. The summed E-state index contributed by atoms with van der Waals surface area (Å²) in [5.41, 5.74) is 1.06. The van der Waals surface area contributed by atoms with Crippen molar-refractivity contribution >= 4 is 45.4 Å². The molecule has 5 atom stereocenters. The van der Waals surface area contributed by atoms with E-state index in [1.165, 1.54) is 0 Å². The number of nitrogens with zero attached hydrogens (tertiary/aromatic N) is 6. The predicted octanol–water partition coefficient (Wildman–Crippen LogP) is 2.71. The number of piperazine rings is 1. The second kappa shape index (κ2) is 8.76. The molecule has 1 aliphatic heterocycles. The van der Waals surface area contributed by atoms with Gasteiger partial charge in [0, 0.05) is 50.2 Å². The molecule has 1 saturated heterocycles. The molecule has 4 aromatic heterocycles. The third-order valence-electron chi connectivity index (χ3n) is 9.71. The molecule has 4 aliphatic carbocycles. The first-order valence-electron chi connectivity index (χ1n) is 14.3. The standard InChI is InChI=1S/C29H32N8O3/c38-27(28(39)36-9-7-35(8-10-36)22-3-1-2-5-30-22)33-26-21-16-32-25-20(4-6-31-25)24(21)37(34-26)23-18-11-17-12-19(23)15-29(40,13-17)14-18/h1-6,16-19,23,34,40H,7-15H2,(H,33,38)/t17?,18-,19+,23?,29?. The van der Waals surface area contributed by atoms with Crippen LogP contribution in [0, 0.1) is 17.8 Å². The van der Waals surface area contributed by atoms with Crippen LogP contribution < -0.4 is 10.2 Å². The summed E-state index contributed by atoms with van der Waals surface area (Å²) in [5, 5.41) is 19.2. The minimum absolute atomic E-state index is 0.181. The summed E-state index contributed by atoms with van der Waals surface area (Å²) in [6.45, 7) is 2.13. The van der Waals surface area contributed by atoms with Crippen LogP contribution in [0.3, 0.4) is 0 Å². The maximum Gasteiger partial charge on any atom is 0.315 e. The Morgan fingerprint density at radius 3 is 2.48 bits per heavy atom. The van der Waals surface area contributed by atoms with Crippen LogP contribution in [-0.4, -0.2) is 78.3 Å². The van der Waals surface area contributed by atoms with Gasteiger partial charge in [0.25, 0.3) is 0 Å². The number of carbonyl (C=O) groups excluding carboxylic acids is 2. The Kier molecular flexibility index (Phi) is 5.22. The van der Waals surface area contributed by atoms with Crippen molar-refractivity contribution in [3.8, 4) is 0 Å². The van der Waals surface area contributed by atoms with E-state index in [1.54, 1.807) is 23.5 Å². The number of carbonyl (C=O) groups is 2. The Hall–Kier alpha value is -3.99. The molecule has 0 aromatic carbocycles. The lowest BCUT2D eigenvalue weighted by atomic mass is 9.52. The zero-order chi connectivity index (χ0) is 27.0. The molecule has 11 nitrogen and oxygen atoms in total. The molecule has 40 heavy (non-hydrogen) atoms. The van der Waals surface area contributed by atoms with E-state index >= 15 is 0 Å². The van der Waals surface area contributed by atoms with Gasteiger partial charge in [0.2, 0.25) is 0 Å². The molecule has 5 heterocycles. The molecule has 11 heteroatoms. The number of nitrogens with one attached hydrogen (secondary N) is 2. The van der Waals surface area contributed by atoms with Crippen LogP contribution in [0.1, 0.15) is 38.1 Å². The topological polar surface area (TPSA) is 132 Å². The first-order chi connectivity index (χ1) is 19.5. The van der Waals surface area contributed by atoms with Gasteiger partial charge in [0.1, 0.15) is 11.6 Å². The van der Waals surface area contributed by atoms with E-state index in [4.69, 9.17) is 0 Å². The van der Waals surface area contributed by atoms with Crippen molar-refractivity contribution in [1.29, 1.82) is 0 Å². The molecule has 2 amide bonds. The minimum Gasteiger partial charge on any atom is -0.390 e. The van der Waals surface area contributed by atoms with E-state index in [9.17, 15) is 14.7 Å². The van der Waals surface area contributed by atoms with Gasteiger partial charge in [-0.05, 0) is 68.1 Å². The molecule has 5 fully saturated rings. The smallest absolute Gasteiger partial charge is 0.315 e. The van der Waals surface area contributed by atoms with Gasteiger partial charge in [-0.15, -0.1) is 0 Å². The fraction of sp³-hybridized carbons (Fsp3) is 0.483. The summed E-state index contributed by atoms with van der Waals surface area (Å²) in [5.74, 6) is 1.43. The molecule has 0 spiro atoms. The van der Waals surface area contributed by atoms with Crippen molar-refractivity contribution in [3.63, 3.8) is 0 Å². The quantitative estimate of drug-likeness (QED) is 0.341. The summed E-state index contributed by atoms with van der Waals surface area (Å²) >= 11 is 0. The summed E-state index contributed by atoms with van der Waals surface area (Å²) in [7, 11) is 0. The Labute approximate surface area is 230 Å². The third-order valence-corrected chi connectivity index (χ3v) is 9.71. The number of amides is 2. The number of fused-ring (bicyclic) bond motifs is 3. The number of H-pyrrole nitrogens is 1. The molecule has 4 saturated carbocycles. The van der Waals surface area contributed by atoms with Crippen LogP contribution in [-0.2, 0) is 9.59 Å². The van der Waals surface area contributed by atoms with E-state index in [-0.39, 0.29) is 6.04 Å². The van der Waals surface area contributed by atoms with Gasteiger partial charge in [0.05, 0.1) is 22.5 Å². The number of anilines is 2. The van der Waals surface area contributed by atoms with Crippen molar-refractivity contribution in [2.75, 3.05) is 36.4 Å². The molecule has 4 bridgehead atoms. The zero-order valence-electron chi connectivity index (χ0n) is 22.2. The summed E-state index contributed by atoms with van der Waals surface area (Å²) in [6.07, 6.45) is 9.97. The Morgan fingerprint density at radius 1 is 0.950 bits per heavy atom. The Bertz CT molecular complexity index is 1610. The van der Waals surface area contributed by atoms with Crippen LogP contribution in [0.4, 0.5) is 11.6 Å². The van der Waals surface area contributed by atoms with E-state index < -0.39 is 17.4 Å². The van der Waals surface area contributed by atoms with E-state index in [0.29, 0.717) is 55.4 Å². The van der Waals surface area contributed by atoms with Crippen LogP contribution in [0.15, 0.2) is 42.9 Å². The summed E-state index contributed by atoms with van der Waals surface area (Å²) < 4.78 is 2.18. The normalized spacial score (nSPS) is 29.4. The van der Waals surface area contributed by atoms with Crippen molar-refractivity contribution < 1.29 is 14.7 Å². The summed E-state index contributed by atoms with van der Waals surface area (Å²) in [4.78, 5) is 43.5. The van der Waals surface area contributed by atoms with Crippen molar-refractivity contribution in [2.24, 2.45) is 17.8 Å². The van der Waals surface area contributed by atoms with Gasteiger partial charge in [-0.3, -0.25) is 19.4 Å². The number of pyridine rings is 2. The van der Waals surface area contributed by atoms with E-state index in [2.05, 4.69) is 34.9 Å². The molecule has 4 aromatic rings. The lowest BCUT2D eigenvalue weighted by Gasteiger charge is -2.58. The average molecular weight is 541 g/mol. The SMILES string of the molecule is O=C(Nc1[nH]n(C2[C@@H]3CC4C[C@H]2CC(O)(C4)C3)c2c1cnc1nccc12)C(=O)N1CCN(c2ccccn2)CC1. The molecule has 5 aliphatic rings. The minimum atomic E-state index is -0.665. The maximum atomic E-state index is 13.3. The second-order valence-electron chi connectivity index (χ2n) is 12.2. The molecule has 3 N–H and O–H groups in total. The van der Waals surface area contributed by atoms with Gasteiger partial charge >= 0.3 is 11.8 Å². The predicted molar refractivity (Wildman–Crippen MR) is 149 cm³/mol. The monoisotopic (exact) mass is 540 g/mol. The molecule has 3 unspecified atom stereocenters. The van der Waals surface area contributed by atoms with Crippen LogP contribution in [0.25, 0.3) is 21.9 Å². The first-order valence-corrected chi connectivity index (χ1v) is 14.3. The number of aromatic nitrogens is 5. The molecular weight excluding hydrogens is 508 g/mol. The Morgan fingerprint density at radius 2 is 1.75 bits per heavy atom. The molecule has 206 valence electrons. The van der Waals surface area contributed by atoms with E-state index in [0.717, 1.165) is 54.2 Å². The van der Waals surface area contributed by atoms with Crippen molar-refractivity contribution in [1.82, 2.24) is 29.6 Å². The van der Waals surface area contributed by atoms with Gasteiger partial charge in [-0.2, -0.15) is 0 Å². The maximum absolute atomic E-state index is 13.3. The second-order valence-corrected chi connectivity index (χ2v) is 12.2. The fourth-order valence-corrected chi connectivity index (χ4v) is 8.31. The first kappa shape index (κ1) is 23.9. The van der Waals surface area contributed by atoms with Gasteiger partial charge in [-0.25, -0.2) is 15.0 Å². The van der Waals surface area contributed by atoms with Gasteiger partial charge in [0.15, 0.2) is 5.65 Å². The highest BCUT2D eigenvalue weighted by atomic mass is 16.3. The van der Waals surface area contributed by atoms with Crippen molar-refractivity contribution in [2.45, 2.75) is 43.7 Å². The van der Waals surface area contributed by atoms with E-state index in [1.807, 2.05) is 24.3 Å². The van der Waals surface area contributed by atoms with Crippen molar-refractivity contribution in [3.05, 3.63) is 42.9 Å². The van der Waals surface area contributed by atoms with Gasteiger partial charge < -0.3 is 20.2 Å². The highest BCUT2D eigenvalue weighted by Crippen LogP contribution is 2.60. The fourth-order valence-electron chi connectivity index (χ4n) is 8.31. The lowest BCUT2D eigenvalue weighted by molar-refractivity contribution is -0.148.